The molecule has 1 unspecified atom stereocenters. The van der Waals surface area contributed by atoms with Crippen LogP contribution in [0.5, 0.6) is 0 Å². The van der Waals surface area contributed by atoms with E-state index in [1.807, 2.05) is 5.32 Å². The Labute approximate surface area is 188 Å². The van der Waals surface area contributed by atoms with E-state index in [0.717, 1.165) is 0 Å². The third-order valence-electron chi connectivity index (χ3n) is 3.77. The summed E-state index contributed by atoms with van der Waals surface area (Å²) in [6, 6.07) is 2.16. The van der Waals surface area contributed by atoms with Gasteiger partial charge in [0.2, 0.25) is 5.91 Å². The normalized spacial score (nSPS) is 13.0. The first-order valence-corrected chi connectivity index (χ1v) is 10.2. The van der Waals surface area contributed by atoms with E-state index in [1.165, 1.54) is 6.07 Å². The Morgan fingerprint density at radius 2 is 1.78 bits per heavy atom. The molecule has 174 valence electrons. The molecule has 1 heterocycles. The van der Waals surface area contributed by atoms with E-state index >= 15 is 0 Å². The number of aromatic nitrogens is 2. The molecule has 32 heavy (non-hydrogen) atoms. The highest BCUT2D eigenvalue weighted by Crippen LogP contribution is 2.41. The van der Waals surface area contributed by atoms with E-state index in [0.29, 0.717) is 16.8 Å². The highest BCUT2D eigenvalue weighted by Gasteiger charge is 2.43. The predicted molar refractivity (Wildman–Crippen MR) is 103 cm³/mol. The van der Waals surface area contributed by atoms with E-state index in [-0.39, 0.29) is 19.4 Å². The van der Waals surface area contributed by atoms with E-state index in [9.17, 15) is 40.6 Å². The Kier molecular flexibility index (Phi) is 7.82. The van der Waals surface area contributed by atoms with Gasteiger partial charge in [-0.15, -0.1) is 0 Å². The number of halogens is 8. The molecule has 0 bridgehead atoms. The second kappa shape index (κ2) is 9.65. The van der Waals surface area contributed by atoms with E-state index in [1.54, 1.807) is 0 Å². The number of rotatable bonds is 6. The van der Waals surface area contributed by atoms with Gasteiger partial charge in [-0.25, -0.2) is 8.89 Å². The molecule has 0 aliphatic carbocycles. The van der Waals surface area contributed by atoms with Crippen LogP contribution >= 0.6 is 23.2 Å². The molecular formula is C16H11Cl2F6N5O2S. The summed E-state index contributed by atoms with van der Waals surface area (Å²) in [4.78, 5) is 10.9. The Morgan fingerprint density at radius 3 is 2.22 bits per heavy atom. The van der Waals surface area contributed by atoms with Crippen molar-refractivity contribution in [2.45, 2.75) is 29.4 Å². The maximum Gasteiger partial charge on any atom is 0.476 e. The standard InChI is InChI=1S/C16H11Cl2F6N5O2S/c17-8-4-7(15(19,20)21)5-9(18)12(8)29-14(27-11(30)2-1-3-25)13(10(6-26)28-29)32(31)16(22,23)24/h4-5H,1-3,25H2,(H,27,30). The molecule has 0 aliphatic rings. The van der Waals surface area contributed by atoms with Gasteiger partial charge >= 0.3 is 11.7 Å². The van der Waals surface area contributed by atoms with Crippen LogP contribution in [-0.4, -0.2) is 31.9 Å². The molecule has 1 amide bonds. The van der Waals surface area contributed by atoms with Crippen molar-refractivity contribution >= 4 is 45.7 Å². The molecule has 1 aromatic heterocycles. The number of carbonyl (C=O) groups excluding carboxylic acids is 1. The minimum Gasteiger partial charge on any atom is -0.330 e. The van der Waals surface area contributed by atoms with Crippen molar-refractivity contribution in [2.24, 2.45) is 5.73 Å². The van der Waals surface area contributed by atoms with Crippen molar-refractivity contribution in [3.63, 3.8) is 0 Å². The number of hydrogen-bond acceptors (Lipinski definition) is 5. The SMILES string of the molecule is N#Cc1nn(-c2c(Cl)cc(C(F)(F)F)cc2Cl)c(NC(=O)CCCN)c1S(=O)C(F)(F)F. The lowest BCUT2D eigenvalue weighted by atomic mass is 10.2. The summed E-state index contributed by atoms with van der Waals surface area (Å²) in [6.07, 6.45) is -4.99. The summed E-state index contributed by atoms with van der Waals surface area (Å²) in [5.74, 6) is -1.77. The molecule has 0 radical (unpaired) electrons. The third kappa shape index (κ3) is 5.52. The summed E-state index contributed by atoms with van der Waals surface area (Å²) in [5.41, 5.74) is -2.93. The fourth-order valence-electron chi connectivity index (χ4n) is 2.43. The second-order valence-electron chi connectivity index (χ2n) is 5.99. The monoisotopic (exact) mass is 521 g/mol. The van der Waals surface area contributed by atoms with Crippen LogP contribution in [0.1, 0.15) is 24.1 Å². The van der Waals surface area contributed by atoms with Crippen LogP contribution in [0.2, 0.25) is 10.0 Å². The zero-order chi connectivity index (χ0) is 24.4. The number of hydrogen-bond donors (Lipinski definition) is 2. The number of nitrogens with one attached hydrogen (secondary N) is 1. The largest absolute Gasteiger partial charge is 0.476 e. The average molecular weight is 522 g/mol. The maximum absolute atomic E-state index is 13.2. The maximum atomic E-state index is 13.2. The van der Waals surface area contributed by atoms with Crippen molar-refractivity contribution in [3.05, 3.63) is 33.4 Å². The molecule has 2 aromatic rings. The molecule has 0 aliphatic heterocycles. The van der Waals surface area contributed by atoms with Crippen molar-refractivity contribution < 1.29 is 35.3 Å². The Morgan fingerprint density at radius 1 is 1.22 bits per heavy atom. The molecule has 2 rings (SSSR count). The highest BCUT2D eigenvalue weighted by molar-refractivity contribution is 7.86. The lowest BCUT2D eigenvalue weighted by molar-refractivity contribution is -0.137. The van der Waals surface area contributed by atoms with Gasteiger partial charge in [-0.1, -0.05) is 23.2 Å². The molecule has 3 N–H and O–H groups in total. The third-order valence-corrected chi connectivity index (χ3v) is 5.52. The van der Waals surface area contributed by atoms with Crippen LogP contribution in [0.4, 0.5) is 32.2 Å². The van der Waals surface area contributed by atoms with Gasteiger partial charge in [0.1, 0.15) is 16.7 Å². The number of carbonyl (C=O) groups is 1. The van der Waals surface area contributed by atoms with Gasteiger partial charge in [-0.2, -0.15) is 36.7 Å². The fraction of sp³-hybridized carbons (Fsp3) is 0.312. The zero-order valence-corrected chi connectivity index (χ0v) is 17.8. The summed E-state index contributed by atoms with van der Waals surface area (Å²) < 4.78 is 91.0. The van der Waals surface area contributed by atoms with Crippen LogP contribution in [0, 0.1) is 11.3 Å². The van der Waals surface area contributed by atoms with Gasteiger partial charge < -0.3 is 11.1 Å². The first kappa shape index (κ1) is 25.9. The first-order valence-electron chi connectivity index (χ1n) is 8.30. The van der Waals surface area contributed by atoms with Crippen molar-refractivity contribution in [1.29, 1.82) is 5.26 Å². The van der Waals surface area contributed by atoms with E-state index in [2.05, 4.69) is 5.10 Å². The Hall–Kier alpha value is -2.34. The number of alkyl halides is 6. The van der Waals surface area contributed by atoms with Gasteiger partial charge in [0, 0.05) is 6.42 Å². The molecule has 16 heteroatoms. The molecule has 0 spiro atoms. The summed E-state index contributed by atoms with van der Waals surface area (Å²) >= 11 is 11.8. The Bertz CT molecular complexity index is 1090. The summed E-state index contributed by atoms with van der Waals surface area (Å²) in [7, 11) is -3.84. The van der Waals surface area contributed by atoms with Crippen LogP contribution in [0.25, 0.3) is 5.69 Å². The number of nitrogens with zero attached hydrogens (tertiary/aromatic N) is 3. The number of nitriles is 1. The van der Waals surface area contributed by atoms with Gasteiger partial charge in [-0.05, 0) is 25.1 Å². The van der Waals surface area contributed by atoms with Gasteiger partial charge in [0.05, 0.1) is 15.6 Å². The summed E-state index contributed by atoms with van der Waals surface area (Å²) in [5, 5.41) is 13.4. The van der Waals surface area contributed by atoms with Gasteiger partial charge in [0.25, 0.3) is 0 Å². The van der Waals surface area contributed by atoms with Crippen LogP contribution < -0.4 is 11.1 Å². The van der Waals surface area contributed by atoms with Crippen LogP contribution in [0.15, 0.2) is 17.0 Å². The van der Waals surface area contributed by atoms with Crippen molar-refractivity contribution in [3.8, 4) is 11.8 Å². The molecule has 0 saturated carbocycles. The molecule has 1 atom stereocenters. The lowest BCUT2D eigenvalue weighted by Crippen LogP contribution is -2.21. The van der Waals surface area contributed by atoms with Crippen LogP contribution in [0.3, 0.4) is 0 Å². The first-order chi connectivity index (χ1) is 14.7. The highest BCUT2D eigenvalue weighted by atomic mass is 35.5. The van der Waals surface area contributed by atoms with E-state index in [4.69, 9.17) is 28.9 Å². The average Bonchev–Trinajstić information content (AvgIpc) is 3.01. The predicted octanol–water partition coefficient (Wildman–Crippen LogP) is 4.37. The minimum atomic E-state index is -5.36. The molecule has 1 aromatic carbocycles. The van der Waals surface area contributed by atoms with E-state index < -0.39 is 66.1 Å². The minimum absolute atomic E-state index is 0.0635. The fourth-order valence-corrected chi connectivity index (χ4v) is 3.88. The van der Waals surface area contributed by atoms with Crippen LogP contribution in [-0.2, 0) is 21.8 Å². The number of amides is 1. The topological polar surface area (TPSA) is 114 Å². The molecule has 0 saturated heterocycles. The summed E-state index contributed by atoms with van der Waals surface area (Å²) in [6.45, 7) is 0.0635. The van der Waals surface area contributed by atoms with Crippen molar-refractivity contribution in [2.75, 3.05) is 11.9 Å². The number of anilines is 1. The second-order valence-corrected chi connectivity index (χ2v) is 8.21. The number of nitrogens with two attached hydrogens (primary N) is 1. The number of benzene rings is 1. The van der Waals surface area contributed by atoms with Gasteiger partial charge in [0.15, 0.2) is 22.3 Å². The lowest BCUT2D eigenvalue weighted by Gasteiger charge is -2.15. The zero-order valence-electron chi connectivity index (χ0n) is 15.4. The molecule has 0 fully saturated rings. The van der Waals surface area contributed by atoms with Crippen molar-refractivity contribution in [1.82, 2.24) is 9.78 Å². The molecule has 7 nitrogen and oxygen atoms in total. The quantitative estimate of drug-likeness (QED) is 0.547. The smallest absolute Gasteiger partial charge is 0.330 e. The van der Waals surface area contributed by atoms with Gasteiger partial charge in [-0.3, -0.25) is 4.79 Å². The Balaban J connectivity index is 2.81. The molecular weight excluding hydrogens is 511 g/mol.